The number of nitrogens with zero attached hydrogens (tertiary/aromatic N) is 4. The van der Waals surface area contributed by atoms with E-state index in [1.165, 1.54) is 18.4 Å². The number of benzene rings is 1. The Labute approximate surface area is 168 Å². The van der Waals surface area contributed by atoms with Crippen LogP contribution < -0.4 is 4.90 Å². The predicted molar refractivity (Wildman–Crippen MR) is 109 cm³/mol. The van der Waals surface area contributed by atoms with Crippen molar-refractivity contribution in [2.45, 2.75) is 25.2 Å². The quantitative estimate of drug-likeness (QED) is 0.796. The SMILES string of the molecule is O=C(c1csc(C2CC2)n1)N1CCN(CC(=O)N2CCc3ccccc32)CC1. The van der Waals surface area contributed by atoms with Crippen LogP contribution in [0.1, 0.15) is 39.8 Å². The average Bonchev–Trinajstić information content (AvgIpc) is 3.29. The number of amides is 2. The van der Waals surface area contributed by atoms with Crippen molar-refractivity contribution in [3.8, 4) is 0 Å². The molecular formula is C21H24N4O2S. The van der Waals surface area contributed by atoms with Gasteiger partial charge in [-0.2, -0.15) is 0 Å². The lowest BCUT2D eigenvalue weighted by molar-refractivity contribution is -0.120. The number of rotatable bonds is 4. The Balaban J connectivity index is 1.15. The number of anilines is 1. The number of fused-ring (bicyclic) bond motifs is 1. The maximum Gasteiger partial charge on any atom is 0.273 e. The highest BCUT2D eigenvalue weighted by atomic mass is 32.1. The molecule has 2 aliphatic heterocycles. The fraction of sp³-hybridized carbons (Fsp3) is 0.476. The Morgan fingerprint density at radius 2 is 1.86 bits per heavy atom. The highest BCUT2D eigenvalue weighted by molar-refractivity contribution is 7.10. The average molecular weight is 397 g/mol. The third kappa shape index (κ3) is 3.44. The number of piperazine rings is 1. The van der Waals surface area contributed by atoms with Gasteiger partial charge in [-0.3, -0.25) is 14.5 Å². The third-order valence-electron chi connectivity index (χ3n) is 5.87. The monoisotopic (exact) mass is 396 g/mol. The third-order valence-corrected chi connectivity index (χ3v) is 6.88. The fourth-order valence-electron chi connectivity index (χ4n) is 4.05. The van der Waals surface area contributed by atoms with E-state index in [0.717, 1.165) is 36.8 Å². The molecule has 7 heteroatoms. The summed E-state index contributed by atoms with van der Waals surface area (Å²) in [7, 11) is 0. The van der Waals surface area contributed by atoms with E-state index >= 15 is 0 Å². The van der Waals surface area contributed by atoms with Crippen molar-refractivity contribution in [1.29, 1.82) is 0 Å². The summed E-state index contributed by atoms with van der Waals surface area (Å²) in [4.78, 5) is 36.0. The van der Waals surface area contributed by atoms with Crippen molar-refractivity contribution < 1.29 is 9.59 Å². The minimum Gasteiger partial charge on any atom is -0.335 e. The van der Waals surface area contributed by atoms with Crippen molar-refractivity contribution in [3.05, 3.63) is 45.9 Å². The molecule has 5 rings (SSSR count). The second-order valence-corrected chi connectivity index (χ2v) is 8.73. The molecule has 0 spiro atoms. The maximum atomic E-state index is 12.8. The molecule has 1 aliphatic carbocycles. The van der Waals surface area contributed by atoms with Gasteiger partial charge in [0.2, 0.25) is 5.91 Å². The van der Waals surface area contributed by atoms with E-state index in [2.05, 4.69) is 16.0 Å². The highest BCUT2D eigenvalue weighted by Gasteiger charge is 2.30. The summed E-state index contributed by atoms with van der Waals surface area (Å²) in [6, 6.07) is 8.14. The Morgan fingerprint density at radius 3 is 2.64 bits per heavy atom. The standard InChI is InChI=1S/C21H24N4O2S/c26-19(25-8-7-15-3-1-2-4-18(15)25)13-23-9-11-24(12-10-23)21(27)17-14-28-20(22-17)16-5-6-16/h1-4,14,16H,5-13H2. The first-order valence-corrected chi connectivity index (χ1v) is 10.9. The summed E-state index contributed by atoms with van der Waals surface area (Å²) in [6.07, 6.45) is 3.34. The summed E-state index contributed by atoms with van der Waals surface area (Å²) in [5, 5.41) is 3.01. The Morgan fingerprint density at radius 1 is 1.07 bits per heavy atom. The first kappa shape index (κ1) is 17.8. The molecule has 1 saturated heterocycles. The van der Waals surface area contributed by atoms with Gasteiger partial charge >= 0.3 is 0 Å². The Bertz CT molecular complexity index is 899. The van der Waals surface area contributed by atoms with Crippen LogP contribution in [0.2, 0.25) is 0 Å². The van der Waals surface area contributed by atoms with Gasteiger partial charge in [0.05, 0.1) is 11.6 Å². The number of aromatic nitrogens is 1. The Kier molecular flexibility index (Phi) is 4.64. The molecule has 2 amide bonds. The van der Waals surface area contributed by atoms with Crippen LogP contribution in [0.4, 0.5) is 5.69 Å². The molecule has 146 valence electrons. The van der Waals surface area contributed by atoms with E-state index in [1.54, 1.807) is 11.3 Å². The molecule has 0 atom stereocenters. The molecule has 3 aliphatic rings. The van der Waals surface area contributed by atoms with Crippen LogP contribution in [-0.4, -0.2) is 65.9 Å². The minimum absolute atomic E-state index is 0.0302. The van der Waals surface area contributed by atoms with Gasteiger partial charge in [0, 0.05) is 49.7 Å². The van der Waals surface area contributed by atoms with Gasteiger partial charge in [0.15, 0.2) is 0 Å². The van der Waals surface area contributed by atoms with Crippen LogP contribution in [-0.2, 0) is 11.2 Å². The lowest BCUT2D eigenvalue weighted by Crippen LogP contribution is -2.51. The van der Waals surface area contributed by atoms with E-state index < -0.39 is 0 Å². The molecule has 1 aromatic carbocycles. The topological polar surface area (TPSA) is 56.8 Å². The van der Waals surface area contributed by atoms with Gasteiger partial charge in [-0.05, 0) is 30.9 Å². The van der Waals surface area contributed by atoms with E-state index in [-0.39, 0.29) is 11.8 Å². The molecule has 0 N–H and O–H groups in total. The molecule has 0 radical (unpaired) electrons. The molecule has 2 aromatic rings. The fourth-order valence-corrected chi connectivity index (χ4v) is 5.01. The van der Waals surface area contributed by atoms with Crippen LogP contribution >= 0.6 is 11.3 Å². The lowest BCUT2D eigenvalue weighted by atomic mass is 10.2. The largest absolute Gasteiger partial charge is 0.335 e. The first-order valence-electron chi connectivity index (χ1n) is 10.0. The number of hydrogen-bond acceptors (Lipinski definition) is 5. The molecule has 28 heavy (non-hydrogen) atoms. The number of para-hydroxylation sites is 1. The summed E-state index contributed by atoms with van der Waals surface area (Å²) < 4.78 is 0. The van der Waals surface area contributed by atoms with E-state index in [9.17, 15) is 9.59 Å². The molecule has 6 nitrogen and oxygen atoms in total. The van der Waals surface area contributed by atoms with Crippen molar-refractivity contribution in [1.82, 2.24) is 14.8 Å². The molecule has 0 bridgehead atoms. The second kappa shape index (κ2) is 7.29. The van der Waals surface area contributed by atoms with Crippen molar-refractivity contribution in [2.75, 3.05) is 44.2 Å². The number of thiazole rings is 1. The molecular weight excluding hydrogens is 372 g/mol. The normalized spacial score (nSPS) is 19.7. The zero-order valence-electron chi connectivity index (χ0n) is 15.8. The van der Waals surface area contributed by atoms with Gasteiger partial charge < -0.3 is 9.80 Å². The number of carbonyl (C=O) groups excluding carboxylic acids is 2. The van der Waals surface area contributed by atoms with Gasteiger partial charge in [-0.1, -0.05) is 18.2 Å². The van der Waals surface area contributed by atoms with E-state index in [1.807, 2.05) is 33.4 Å². The van der Waals surface area contributed by atoms with Crippen LogP contribution in [0.15, 0.2) is 29.6 Å². The lowest BCUT2D eigenvalue weighted by Gasteiger charge is -2.34. The molecule has 2 fully saturated rings. The van der Waals surface area contributed by atoms with E-state index in [4.69, 9.17) is 0 Å². The highest BCUT2D eigenvalue weighted by Crippen LogP contribution is 2.41. The van der Waals surface area contributed by atoms with Crippen molar-refractivity contribution >= 4 is 28.8 Å². The first-order chi connectivity index (χ1) is 13.7. The summed E-state index contributed by atoms with van der Waals surface area (Å²) >= 11 is 1.61. The maximum absolute atomic E-state index is 12.8. The smallest absolute Gasteiger partial charge is 0.273 e. The van der Waals surface area contributed by atoms with Crippen molar-refractivity contribution in [2.24, 2.45) is 0 Å². The van der Waals surface area contributed by atoms with Gasteiger partial charge in [-0.25, -0.2) is 4.98 Å². The zero-order chi connectivity index (χ0) is 19.1. The predicted octanol–water partition coefficient (Wildman–Crippen LogP) is 2.37. The van der Waals surface area contributed by atoms with E-state index in [0.29, 0.717) is 31.2 Å². The minimum atomic E-state index is 0.0302. The van der Waals surface area contributed by atoms with Crippen LogP contribution in [0, 0.1) is 0 Å². The van der Waals surface area contributed by atoms with Gasteiger partial charge in [-0.15, -0.1) is 11.3 Å². The molecule has 1 saturated carbocycles. The van der Waals surface area contributed by atoms with Crippen molar-refractivity contribution in [3.63, 3.8) is 0 Å². The van der Waals surface area contributed by atoms with Gasteiger partial charge in [0.25, 0.3) is 5.91 Å². The zero-order valence-corrected chi connectivity index (χ0v) is 16.7. The Hall–Kier alpha value is -2.25. The van der Waals surface area contributed by atoms with Gasteiger partial charge in [0.1, 0.15) is 5.69 Å². The molecule has 1 aromatic heterocycles. The van der Waals surface area contributed by atoms with Crippen LogP contribution in [0.3, 0.4) is 0 Å². The summed E-state index contributed by atoms with van der Waals surface area (Å²) in [6.45, 7) is 3.94. The van der Waals surface area contributed by atoms with Crippen LogP contribution in [0.5, 0.6) is 0 Å². The molecule has 3 heterocycles. The number of carbonyl (C=O) groups is 2. The number of hydrogen-bond donors (Lipinski definition) is 0. The summed E-state index contributed by atoms with van der Waals surface area (Å²) in [5.74, 6) is 0.769. The van der Waals surface area contributed by atoms with Crippen LogP contribution in [0.25, 0.3) is 0 Å². The second-order valence-electron chi connectivity index (χ2n) is 7.84. The summed E-state index contributed by atoms with van der Waals surface area (Å²) in [5.41, 5.74) is 2.89. The molecule has 0 unspecified atom stereocenters.